The summed E-state index contributed by atoms with van der Waals surface area (Å²) in [6.45, 7) is 1.39. The zero-order chi connectivity index (χ0) is 19.1. The van der Waals surface area contributed by atoms with E-state index >= 15 is 0 Å². The predicted molar refractivity (Wildman–Crippen MR) is 97.1 cm³/mol. The first-order valence-corrected chi connectivity index (χ1v) is 7.86. The van der Waals surface area contributed by atoms with Crippen LogP contribution >= 0.6 is 0 Å². The normalized spacial score (nSPS) is 11.1. The Balaban J connectivity index is 2.22. The van der Waals surface area contributed by atoms with Crippen molar-refractivity contribution in [3.8, 4) is 11.1 Å². The summed E-state index contributed by atoms with van der Waals surface area (Å²) in [6.07, 6.45) is 1.88. The molecule has 0 aliphatic heterocycles. The van der Waals surface area contributed by atoms with Gasteiger partial charge in [0.25, 0.3) is 0 Å². The Morgan fingerprint density at radius 3 is 2.42 bits per heavy atom. The molecule has 1 aromatic heterocycles. The molecule has 2 rings (SSSR count). The van der Waals surface area contributed by atoms with Gasteiger partial charge >= 0.3 is 6.03 Å². The van der Waals surface area contributed by atoms with Crippen molar-refractivity contribution in [1.82, 2.24) is 9.88 Å². The van der Waals surface area contributed by atoms with Crippen LogP contribution in [0.4, 0.5) is 14.9 Å². The summed E-state index contributed by atoms with van der Waals surface area (Å²) in [7, 11) is 0. The first kappa shape index (κ1) is 19.1. The Kier molecular flexibility index (Phi) is 6.40. The minimum Gasteiger partial charge on any atom is -0.333 e. The molecule has 0 unspecified atom stereocenters. The summed E-state index contributed by atoms with van der Waals surface area (Å²) in [5.41, 5.74) is 7.77. The number of carbonyl (C=O) groups is 2. The van der Waals surface area contributed by atoms with Gasteiger partial charge in [-0.05, 0) is 41.0 Å². The fraction of sp³-hybridized carbons (Fsp3) is 0.167. The number of anilines is 1. The number of hydrogen-bond acceptors (Lipinski definition) is 4. The average molecular weight is 357 g/mol. The first-order valence-electron chi connectivity index (χ1n) is 7.86. The van der Waals surface area contributed by atoms with Crippen LogP contribution in [0.3, 0.4) is 0 Å². The molecule has 0 spiro atoms. The number of nitrogens with two attached hydrogens (primary N) is 1. The second-order valence-electron chi connectivity index (χ2n) is 5.56. The van der Waals surface area contributed by atoms with Crippen molar-refractivity contribution in [3.63, 3.8) is 0 Å². The van der Waals surface area contributed by atoms with Crippen LogP contribution in [0, 0.1) is 5.41 Å². The Hall–Kier alpha value is -3.26. The van der Waals surface area contributed by atoms with Crippen molar-refractivity contribution in [3.05, 3.63) is 60.0 Å². The van der Waals surface area contributed by atoms with Gasteiger partial charge in [-0.1, -0.05) is 12.1 Å². The number of halogens is 1. The average Bonchev–Trinajstić information content (AvgIpc) is 2.63. The van der Waals surface area contributed by atoms with Crippen LogP contribution in [-0.4, -0.2) is 29.6 Å². The van der Waals surface area contributed by atoms with E-state index in [-0.39, 0.29) is 30.1 Å². The third kappa shape index (κ3) is 4.87. The summed E-state index contributed by atoms with van der Waals surface area (Å²) in [6, 6.07) is 9.73. The maximum Gasteiger partial charge on any atom is 0.327 e. The van der Waals surface area contributed by atoms with E-state index in [2.05, 4.69) is 10.6 Å². The monoisotopic (exact) mass is 357 g/mol. The number of pyridine rings is 1. The van der Waals surface area contributed by atoms with Crippen LogP contribution < -0.4 is 21.9 Å². The van der Waals surface area contributed by atoms with Gasteiger partial charge in [0.15, 0.2) is 0 Å². The molecule has 0 bridgehead atoms. The van der Waals surface area contributed by atoms with E-state index < -0.39 is 6.03 Å². The van der Waals surface area contributed by atoms with Crippen LogP contribution in [0.15, 0.2) is 54.5 Å². The molecule has 7 nitrogen and oxygen atoms in total. The van der Waals surface area contributed by atoms with Crippen LogP contribution in [0.5, 0.6) is 0 Å². The standard InChI is InChI=1S/C18H20FN5O2/c1-12(25)23-16-5-2-14(3-6-16)15-4-7-17(21)24(11-15)18(26)22-10-13(8-19)9-20/h2-8,11,21H,9-10,20H2,1H3,(H,22,26)(H,23,25)/b13-8+,21-17?. The minimum absolute atomic E-state index is 0.00410. The molecule has 0 aliphatic carbocycles. The number of benzene rings is 1. The molecule has 0 radical (unpaired) electrons. The first-order chi connectivity index (χ1) is 12.4. The van der Waals surface area contributed by atoms with E-state index in [0.29, 0.717) is 17.6 Å². The van der Waals surface area contributed by atoms with Gasteiger partial charge in [-0.15, -0.1) is 0 Å². The summed E-state index contributed by atoms with van der Waals surface area (Å²) in [5.74, 6) is -0.162. The summed E-state index contributed by atoms with van der Waals surface area (Å²) >= 11 is 0. The molecule has 5 N–H and O–H groups in total. The lowest BCUT2D eigenvalue weighted by molar-refractivity contribution is -0.114. The number of rotatable bonds is 5. The Morgan fingerprint density at radius 2 is 1.85 bits per heavy atom. The van der Waals surface area contributed by atoms with Crippen LogP contribution in [-0.2, 0) is 4.79 Å². The zero-order valence-electron chi connectivity index (χ0n) is 14.3. The summed E-state index contributed by atoms with van der Waals surface area (Å²) in [4.78, 5) is 23.3. The molecule has 1 aromatic carbocycles. The number of carbonyl (C=O) groups excluding carboxylic acids is 2. The Morgan fingerprint density at radius 1 is 1.19 bits per heavy atom. The zero-order valence-corrected chi connectivity index (χ0v) is 14.3. The van der Waals surface area contributed by atoms with Gasteiger partial charge in [0.05, 0.1) is 6.33 Å². The molecule has 136 valence electrons. The van der Waals surface area contributed by atoms with Gasteiger partial charge in [0.2, 0.25) is 5.91 Å². The number of hydrogen-bond donors (Lipinski definition) is 4. The smallest absolute Gasteiger partial charge is 0.327 e. The summed E-state index contributed by atoms with van der Waals surface area (Å²) < 4.78 is 13.7. The van der Waals surface area contributed by atoms with Crippen molar-refractivity contribution in [2.24, 2.45) is 5.73 Å². The minimum atomic E-state index is -0.556. The van der Waals surface area contributed by atoms with Crippen molar-refractivity contribution >= 4 is 17.6 Å². The fourth-order valence-electron chi connectivity index (χ4n) is 2.22. The quantitative estimate of drug-likeness (QED) is 0.656. The molecule has 2 amide bonds. The van der Waals surface area contributed by atoms with Gasteiger partial charge in [-0.2, -0.15) is 0 Å². The van der Waals surface area contributed by atoms with Gasteiger partial charge < -0.3 is 16.4 Å². The molecule has 0 atom stereocenters. The van der Waals surface area contributed by atoms with Gasteiger partial charge in [-0.25, -0.2) is 9.18 Å². The predicted octanol–water partition coefficient (Wildman–Crippen LogP) is 1.96. The van der Waals surface area contributed by atoms with E-state index in [1.54, 1.807) is 30.3 Å². The van der Waals surface area contributed by atoms with Crippen LogP contribution in [0.1, 0.15) is 6.92 Å². The molecule has 2 aromatic rings. The number of nitrogens with zero attached hydrogens (tertiary/aromatic N) is 1. The highest BCUT2D eigenvalue weighted by Gasteiger charge is 2.08. The van der Waals surface area contributed by atoms with Crippen LogP contribution in [0.2, 0.25) is 0 Å². The van der Waals surface area contributed by atoms with Crippen molar-refractivity contribution in [2.75, 3.05) is 18.4 Å². The summed E-state index contributed by atoms with van der Waals surface area (Å²) in [5, 5.41) is 13.1. The Bertz CT molecular complexity index is 887. The lowest BCUT2D eigenvalue weighted by Crippen LogP contribution is -2.37. The van der Waals surface area contributed by atoms with Gasteiger partial charge in [0.1, 0.15) is 5.49 Å². The lowest BCUT2D eigenvalue weighted by Gasteiger charge is -2.11. The highest BCUT2D eigenvalue weighted by Crippen LogP contribution is 2.20. The van der Waals surface area contributed by atoms with E-state index in [0.717, 1.165) is 10.1 Å². The molecular weight excluding hydrogens is 337 g/mol. The molecule has 8 heteroatoms. The maximum absolute atomic E-state index is 12.5. The van der Waals surface area contributed by atoms with Gasteiger partial charge in [-0.3, -0.25) is 14.8 Å². The molecule has 0 fully saturated rings. The molecular formula is C18H20FN5O2. The second kappa shape index (κ2) is 8.72. The number of amides is 2. The highest BCUT2D eigenvalue weighted by molar-refractivity contribution is 5.89. The van der Waals surface area contributed by atoms with E-state index in [9.17, 15) is 14.0 Å². The van der Waals surface area contributed by atoms with E-state index in [4.69, 9.17) is 11.1 Å². The third-order valence-corrected chi connectivity index (χ3v) is 3.59. The molecule has 26 heavy (non-hydrogen) atoms. The van der Waals surface area contributed by atoms with Crippen molar-refractivity contribution < 1.29 is 14.0 Å². The lowest BCUT2D eigenvalue weighted by atomic mass is 10.1. The third-order valence-electron chi connectivity index (χ3n) is 3.59. The number of aromatic nitrogens is 1. The van der Waals surface area contributed by atoms with E-state index in [1.165, 1.54) is 19.2 Å². The Labute approximate surface area is 149 Å². The molecule has 0 saturated carbocycles. The fourth-order valence-corrected chi connectivity index (χ4v) is 2.22. The van der Waals surface area contributed by atoms with Gasteiger partial charge in [0, 0.05) is 31.9 Å². The topological polar surface area (TPSA) is 113 Å². The molecule has 0 aliphatic rings. The molecule has 0 saturated heterocycles. The SMILES string of the molecule is CC(=O)Nc1ccc(-c2ccc(=N)n(C(=O)NC/C(=C/F)CN)c2)cc1. The second-order valence-corrected chi connectivity index (χ2v) is 5.56. The number of nitrogens with one attached hydrogen (secondary N) is 3. The molecule has 1 heterocycles. The van der Waals surface area contributed by atoms with Crippen LogP contribution in [0.25, 0.3) is 11.1 Å². The largest absolute Gasteiger partial charge is 0.333 e. The van der Waals surface area contributed by atoms with Crippen molar-refractivity contribution in [1.29, 1.82) is 5.41 Å². The highest BCUT2D eigenvalue weighted by atomic mass is 19.1. The van der Waals surface area contributed by atoms with Crippen molar-refractivity contribution in [2.45, 2.75) is 6.92 Å². The van der Waals surface area contributed by atoms with E-state index in [1.807, 2.05) is 0 Å². The maximum atomic E-state index is 12.5.